The molecular formula is C9H15N3O4. The molecule has 0 rings (SSSR count). The quantitative estimate of drug-likeness (QED) is 0.514. The summed E-state index contributed by atoms with van der Waals surface area (Å²) in [5.74, 6) is -1.84. The number of aliphatic carboxylic acids is 1. The third-order valence-corrected chi connectivity index (χ3v) is 1.73. The Morgan fingerprint density at radius 2 is 2.12 bits per heavy atom. The van der Waals surface area contributed by atoms with Crippen molar-refractivity contribution in [2.24, 2.45) is 5.73 Å². The van der Waals surface area contributed by atoms with Gasteiger partial charge in [0.1, 0.15) is 12.6 Å². The second-order valence-corrected chi connectivity index (χ2v) is 3.14. The molecule has 16 heavy (non-hydrogen) atoms. The zero-order valence-electron chi connectivity index (χ0n) is 8.97. The minimum Gasteiger partial charge on any atom is -0.480 e. The van der Waals surface area contributed by atoms with Crippen LogP contribution in [0.2, 0.25) is 0 Å². The number of urea groups is 1. The van der Waals surface area contributed by atoms with Gasteiger partial charge in [0.05, 0.1) is 0 Å². The lowest BCUT2D eigenvalue weighted by Gasteiger charge is -2.21. The van der Waals surface area contributed by atoms with Gasteiger partial charge in [-0.1, -0.05) is 6.08 Å². The predicted molar refractivity (Wildman–Crippen MR) is 56.6 cm³/mol. The fourth-order valence-corrected chi connectivity index (χ4v) is 0.886. The number of carboxylic acid groups (broad SMARTS) is 1. The van der Waals surface area contributed by atoms with Crippen molar-refractivity contribution in [1.82, 2.24) is 10.2 Å². The van der Waals surface area contributed by atoms with Crippen LogP contribution in [0.5, 0.6) is 0 Å². The molecule has 0 aromatic heterocycles. The van der Waals surface area contributed by atoms with E-state index in [0.29, 0.717) is 0 Å². The van der Waals surface area contributed by atoms with Crippen LogP contribution in [-0.4, -0.2) is 47.0 Å². The van der Waals surface area contributed by atoms with Gasteiger partial charge in [-0.3, -0.25) is 9.59 Å². The molecule has 0 fully saturated rings. The van der Waals surface area contributed by atoms with Crippen LogP contribution in [0.15, 0.2) is 12.7 Å². The van der Waals surface area contributed by atoms with Crippen LogP contribution in [0.25, 0.3) is 0 Å². The summed E-state index contributed by atoms with van der Waals surface area (Å²) in [6, 6.07) is -1.53. The molecule has 0 aliphatic rings. The highest BCUT2D eigenvalue weighted by atomic mass is 16.4. The summed E-state index contributed by atoms with van der Waals surface area (Å²) in [6.07, 6.45) is 1.39. The average Bonchev–Trinajstić information content (AvgIpc) is 2.16. The Balaban J connectivity index is 4.42. The molecule has 7 nitrogen and oxygen atoms in total. The molecule has 0 aromatic carbocycles. The predicted octanol–water partition coefficient (Wildman–Crippen LogP) is -0.858. The van der Waals surface area contributed by atoms with Gasteiger partial charge in [-0.2, -0.15) is 0 Å². The second-order valence-electron chi connectivity index (χ2n) is 3.14. The van der Waals surface area contributed by atoms with Crippen molar-refractivity contribution < 1.29 is 19.5 Å². The van der Waals surface area contributed by atoms with Gasteiger partial charge in [-0.05, 0) is 6.92 Å². The van der Waals surface area contributed by atoms with Crippen LogP contribution in [-0.2, 0) is 9.59 Å². The molecule has 7 heteroatoms. The van der Waals surface area contributed by atoms with E-state index in [4.69, 9.17) is 10.8 Å². The van der Waals surface area contributed by atoms with E-state index in [9.17, 15) is 14.4 Å². The number of hydrogen-bond donors (Lipinski definition) is 3. The number of carboxylic acids is 1. The minimum absolute atomic E-state index is 0.0730. The smallest absolute Gasteiger partial charge is 0.323 e. The van der Waals surface area contributed by atoms with Crippen molar-refractivity contribution >= 4 is 17.9 Å². The van der Waals surface area contributed by atoms with Crippen molar-refractivity contribution in [1.29, 1.82) is 0 Å². The molecule has 3 amide bonds. The van der Waals surface area contributed by atoms with E-state index in [-0.39, 0.29) is 6.54 Å². The Morgan fingerprint density at radius 3 is 2.50 bits per heavy atom. The molecule has 0 saturated heterocycles. The molecule has 0 aromatic rings. The molecule has 90 valence electrons. The number of nitrogens with one attached hydrogen (secondary N) is 1. The monoisotopic (exact) mass is 229 g/mol. The van der Waals surface area contributed by atoms with Crippen LogP contribution >= 0.6 is 0 Å². The highest BCUT2D eigenvalue weighted by Crippen LogP contribution is 1.92. The maximum Gasteiger partial charge on any atom is 0.323 e. The van der Waals surface area contributed by atoms with Gasteiger partial charge in [0.15, 0.2) is 0 Å². The lowest BCUT2D eigenvalue weighted by molar-refractivity contribution is -0.137. The number of carbonyl (C=O) groups is 3. The first kappa shape index (κ1) is 13.9. The fraction of sp³-hybridized carbons (Fsp3) is 0.444. The first-order valence-corrected chi connectivity index (χ1v) is 4.56. The van der Waals surface area contributed by atoms with E-state index in [1.165, 1.54) is 13.0 Å². The van der Waals surface area contributed by atoms with Crippen molar-refractivity contribution in [3.63, 3.8) is 0 Å². The Morgan fingerprint density at radius 1 is 1.56 bits per heavy atom. The third-order valence-electron chi connectivity index (χ3n) is 1.73. The molecule has 0 aliphatic heterocycles. The summed E-state index contributed by atoms with van der Waals surface area (Å²) in [5, 5.41) is 10.8. The Labute approximate surface area is 92.9 Å². The van der Waals surface area contributed by atoms with Crippen LogP contribution < -0.4 is 11.1 Å². The molecule has 1 unspecified atom stereocenters. The minimum atomic E-state index is -1.15. The van der Waals surface area contributed by atoms with Crippen LogP contribution in [0, 0.1) is 0 Å². The summed E-state index contributed by atoms with van der Waals surface area (Å²) in [5.41, 5.74) is 4.95. The molecule has 4 N–H and O–H groups in total. The number of carbonyl (C=O) groups excluding carboxylic acids is 2. The van der Waals surface area contributed by atoms with Crippen LogP contribution in [0.4, 0.5) is 4.79 Å². The standard InChI is InChI=1S/C9H15N3O4/c1-3-4-12(5-7(13)14)9(16)11-6(2)8(10)15/h3,6H,1,4-5H2,2H3,(H2,10,15)(H,11,16)(H,13,14). The van der Waals surface area contributed by atoms with Gasteiger partial charge >= 0.3 is 12.0 Å². The second kappa shape index (κ2) is 6.44. The van der Waals surface area contributed by atoms with Gasteiger partial charge in [0.2, 0.25) is 5.91 Å². The normalized spacial score (nSPS) is 11.3. The summed E-state index contributed by atoms with van der Waals surface area (Å²) in [7, 11) is 0. The SMILES string of the molecule is C=CCN(CC(=O)O)C(=O)NC(C)C(N)=O. The van der Waals surface area contributed by atoms with Gasteiger partial charge < -0.3 is 21.1 Å². The first-order chi connectivity index (χ1) is 7.38. The van der Waals surface area contributed by atoms with Crippen molar-refractivity contribution in [3.8, 4) is 0 Å². The number of rotatable bonds is 6. The topological polar surface area (TPSA) is 113 Å². The lowest BCUT2D eigenvalue weighted by atomic mass is 10.3. The Hall–Kier alpha value is -2.05. The number of hydrogen-bond acceptors (Lipinski definition) is 3. The van der Waals surface area contributed by atoms with Gasteiger partial charge in [0.25, 0.3) is 0 Å². The number of nitrogens with two attached hydrogens (primary N) is 1. The van der Waals surface area contributed by atoms with E-state index >= 15 is 0 Å². The third kappa shape index (κ3) is 4.99. The fourth-order valence-electron chi connectivity index (χ4n) is 0.886. The molecular weight excluding hydrogens is 214 g/mol. The maximum atomic E-state index is 11.5. The largest absolute Gasteiger partial charge is 0.480 e. The highest BCUT2D eigenvalue weighted by Gasteiger charge is 2.19. The zero-order valence-corrected chi connectivity index (χ0v) is 8.97. The molecule has 0 radical (unpaired) electrons. The molecule has 0 bridgehead atoms. The molecule has 0 aliphatic carbocycles. The summed E-state index contributed by atoms with van der Waals surface area (Å²) in [4.78, 5) is 33.6. The molecule has 0 spiro atoms. The molecule has 1 atom stereocenters. The summed E-state index contributed by atoms with van der Waals surface area (Å²) >= 11 is 0. The zero-order chi connectivity index (χ0) is 12.7. The maximum absolute atomic E-state index is 11.5. The Bertz CT molecular complexity index is 303. The van der Waals surface area contributed by atoms with Crippen molar-refractivity contribution in [3.05, 3.63) is 12.7 Å². The van der Waals surface area contributed by atoms with E-state index in [1.807, 2.05) is 0 Å². The van der Waals surface area contributed by atoms with Gasteiger partial charge in [0, 0.05) is 6.54 Å². The first-order valence-electron chi connectivity index (χ1n) is 4.56. The molecule has 0 heterocycles. The van der Waals surface area contributed by atoms with Crippen molar-refractivity contribution in [2.75, 3.05) is 13.1 Å². The highest BCUT2D eigenvalue weighted by molar-refractivity contribution is 5.86. The van der Waals surface area contributed by atoms with Crippen LogP contribution in [0.1, 0.15) is 6.92 Å². The van der Waals surface area contributed by atoms with E-state index in [2.05, 4.69) is 11.9 Å². The number of primary amides is 1. The van der Waals surface area contributed by atoms with E-state index in [1.54, 1.807) is 0 Å². The summed E-state index contributed by atoms with van der Waals surface area (Å²) in [6.45, 7) is 4.41. The summed E-state index contributed by atoms with van der Waals surface area (Å²) < 4.78 is 0. The number of amides is 3. The average molecular weight is 229 g/mol. The van der Waals surface area contributed by atoms with Crippen LogP contribution in [0.3, 0.4) is 0 Å². The van der Waals surface area contributed by atoms with Crippen molar-refractivity contribution in [2.45, 2.75) is 13.0 Å². The van der Waals surface area contributed by atoms with Gasteiger partial charge in [-0.15, -0.1) is 6.58 Å². The van der Waals surface area contributed by atoms with E-state index in [0.717, 1.165) is 4.90 Å². The van der Waals surface area contributed by atoms with Gasteiger partial charge in [-0.25, -0.2) is 4.79 Å². The number of nitrogens with zero attached hydrogens (tertiary/aromatic N) is 1. The molecule has 0 saturated carbocycles. The van der Waals surface area contributed by atoms with E-state index < -0.39 is 30.5 Å². The Kier molecular flexibility index (Phi) is 5.61. The lowest BCUT2D eigenvalue weighted by Crippen LogP contribution is -2.49.